The number of carbonyl (C=O) groups excluding carboxylic acids is 2. The SMILES string of the molecule is O=C(O)C1CSC(C2CC2)N1C(=O)CN1CSCC1=O. The molecule has 0 radical (unpaired) electrons. The second-order valence-corrected chi connectivity index (χ2v) is 7.39. The number of amides is 2. The van der Waals surface area contributed by atoms with Gasteiger partial charge in [-0.25, -0.2) is 4.79 Å². The van der Waals surface area contributed by atoms with E-state index in [9.17, 15) is 19.5 Å². The molecule has 0 spiro atoms. The van der Waals surface area contributed by atoms with Crippen molar-refractivity contribution in [3.8, 4) is 0 Å². The Morgan fingerprint density at radius 1 is 1.35 bits per heavy atom. The molecule has 2 aliphatic heterocycles. The van der Waals surface area contributed by atoms with Gasteiger partial charge in [0.15, 0.2) is 0 Å². The highest BCUT2D eigenvalue weighted by atomic mass is 32.2. The topological polar surface area (TPSA) is 77.9 Å². The van der Waals surface area contributed by atoms with E-state index in [1.165, 1.54) is 21.6 Å². The van der Waals surface area contributed by atoms with Crippen LogP contribution in [0.25, 0.3) is 0 Å². The fourth-order valence-electron chi connectivity index (χ4n) is 2.56. The Labute approximate surface area is 125 Å². The molecular formula is C12H16N2O4S2. The zero-order valence-electron chi connectivity index (χ0n) is 10.9. The second kappa shape index (κ2) is 5.48. The first-order valence-corrected chi connectivity index (χ1v) is 8.79. The summed E-state index contributed by atoms with van der Waals surface area (Å²) in [4.78, 5) is 38.4. The van der Waals surface area contributed by atoms with Crippen LogP contribution in [0, 0.1) is 5.92 Å². The van der Waals surface area contributed by atoms with Gasteiger partial charge in [-0.1, -0.05) is 0 Å². The van der Waals surface area contributed by atoms with Crippen molar-refractivity contribution in [3.05, 3.63) is 0 Å². The fraction of sp³-hybridized carbons (Fsp3) is 0.750. The standard InChI is InChI=1S/C12H16N2O4S2/c15-9(3-13-6-19-5-10(13)16)14-8(12(17)18)4-20-11(14)7-1-2-7/h7-8,11H,1-6H2,(H,17,18). The molecule has 2 unspecified atom stereocenters. The quantitative estimate of drug-likeness (QED) is 0.803. The van der Waals surface area contributed by atoms with Crippen molar-refractivity contribution in [1.82, 2.24) is 9.80 Å². The monoisotopic (exact) mass is 316 g/mol. The summed E-state index contributed by atoms with van der Waals surface area (Å²) in [5.41, 5.74) is 0. The number of carboxylic acids is 1. The van der Waals surface area contributed by atoms with Crippen LogP contribution in [0.15, 0.2) is 0 Å². The predicted molar refractivity (Wildman–Crippen MR) is 76.3 cm³/mol. The van der Waals surface area contributed by atoms with Gasteiger partial charge in [0.2, 0.25) is 11.8 Å². The lowest BCUT2D eigenvalue weighted by molar-refractivity contribution is -0.150. The predicted octanol–water partition coefficient (Wildman–Crippen LogP) is 0.284. The smallest absolute Gasteiger partial charge is 0.327 e. The van der Waals surface area contributed by atoms with Crippen LogP contribution in [0.2, 0.25) is 0 Å². The van der Waals surface area contributed by atoms with Crippen LogP contribution in [-0.4, -0.2) is 68.0 Å². The fourth-order valence-corrected chi connectivity index (χ4v) is 5.12. The summed E-state index contributed by atoms with van der Waals surface area (Å²) in [6.45, 7) is 0.0133. The van der Waals surface area contributed by atoms with Crippen LogP contribution in [0.1, 0.15) is 12.8 Å². The zero-order valence-corrected chi connectivity index (χ0v) is 12.5. The Hall–Kier alpha value is -0.890. The lowest BCUT2D eigenvalue weighted by Crippen LogP contribution is -2.50. The maximum Gasteiger partial charge on any atom is 0.327 e. The van der Waals surface area contributed by atoms with Crippen molar-refractivity contribution in [2.24, 2.45) is 5.92 Å². The zero-order chi connectivity index (χ0) is 14.3. The minimum Gasteiger partial charge on any atom is -0.480 e. The van der Waals surface area contributed by atoms with Crippen LogP contribution in [0.3, 0.4) is 0 Å². The van der Waals surface area contributed by atoms with Gasteiger partial charge in [0.25, 0.3) is 0 Å². The highest BCUT2D eigenvalue weighted by Crippen LogP contribution is 2.45. The normalized spacial score (nSPS) is 30.1. The van der Waals surface area contributed by atoms with E-state index < -0.39 is 12.0 Å². The minimum atomic E-state index is -0.948. The summed E-state index contributed by atoms with van der Waals surface area (Å²) in [5, 5.41) is 9.25. The van der Waals surface area contributed by atoms with E-state index in [1.807, 2.05) is 0 Å². The Morgan fingerprint density at radius 3 is 2.65 bits per heavy atom. The van der Waals surface area contributed by atoms with Crippen molar-refractivity contribution in [1.29, 1.82) is 0 Å². The first-order valence-electron chi connectivity index (χ1n) is 6.59. The van der Waals surface area contributed by atoms with Gasteiger partial charge in [-0.3, -0.25) is 9.59 Å². The van der Waals surface area contributed by atoms with Crippen LogP contribution in [0.4, 0.5) is 0 Å². The lowest BCUT2D eigenvalue weighted by atomic mass is 10.2. The molecule has 0 aromatic rings. The highest BCUT2D eigenvalue weighted by molar-refractivity contribution is 8.00. The molecule has 1 saturated carbocycles. The number of carboxylic acid groups (broad SMARTS) is 1. The van der Waals surface area contributed by atoms with Gasteiger partial charge in [-0.15, -0.1) is 23.5 Å². The molecular weight excluding hydrogens is 300 g/mol. The third-order valence-corrected chi connectivity index (χ3v) is 6.19. The number of hydrogen-bond donors (Lipinski definition) is 1. The third kappa shape index (κ3) is 2.63. The van der Waals surface area contributed by atoms with Crippen molar-refractivity contribution in [3.63, 3.8) is 0 Å². The molecule has 6 nitrogen and oxygen atoms in total. The molecule has 3 rings (SSSR count). The molecule has 3 aliphatic rings. The van der Waals surface area contributed by atoms with Gasteiger partial charge in [0.1, 0.15) is 12.6 Å². The Morgan fingerprint density at radius 2 is 2.10 bits per heavy atom. The molecule has 2 heterocycles. The molecule has 0 aromatic carbocycles. The number of carbonyl (C=O) groups is 3. The lowest BCUT2D eigenvalue weighted by Gasteiger charge is -2.29. The van der Waals surface area contributed by atoms with Crippen LogP contribution >= 0.6 is 23.5 Å². The summed E-state index contributed by atoms with van der Waals surface area (Å²) in [6.07, 6.45) is 2.12. The van der Waals surface area contributed by atoms with E-state index in [4.69, 9.17) is 0 Å². The minimum absolute atomic E-state index is 0.0133. The first-order chi connectivity index (χ1) is 9.58. The average molecular weight is 316 g/mol. The van der Waals surface area contributed by atoms with Crippen molar-refractivity contribution in [2.75, 3.05) is 23.9 Å². The largest absolute Gasteiger partial charge is 0.480 e. The number of thioether (sulfide) groups is 2. The maximum absolute atomic E-state index is 12.5. The van der Waals surface area contributed by atoms with E-state index in [0.717, 1.165) is 12.8 Å². The van der Waals surface area contributed by atoms with Crippen LogP contribution in [-0.2, 0) is 14.4 Å². The van der Waals surface area contributed by atoms with Gasteiger partial charge in [0, 0.05) is 5.75 Å². The number of nitrogens with zero attached hydrogens (tertiary/aromatic N) is 2. The van der Waals surface area contributed by atoms with Crippen LogP contribution < -0.4 is 0 Å². The van der Waals surface area contributed by atoms with E-state index in [-0.39, 0.29) is 23.7 Å². The van der Waals surface area contributed by atoms with Gasteiger partial charge < -0.3 is 14.9 Å². The van der Waals surface area contributed by atoms with E-state index in [2.05, 4.69) is 0 Å². The first kappa shape index (κ1) is 14.1. The Balaban J connectivity index is 1.71. The molecule has 110 valence electrons. The summed E-state index contributed by atoms with van der Waals surface area (Å²) in [5.74, 6) is 0.604. The average Bonchev–Trinajstić information content (AvgIpc) is 3.02. The third-order valence-electron chi connectivity index (χ3n) is 3.78. The molecule has 2 amide bonds. The van der Waals surface area contributed by atoms with E-state index >= 15 is 0 Å². The number of hydrogen-bond acceptors (Lipinski definition) is 5. The molecule has 0 bridgehead atoms. The van der Waals surface area contributed by atoms with Gasteiger partial charge in [-0.05, 0) is 18.8 Å². The molecule has 1 N–H and O–H groups in total. The molecule has 2 saturated heterocycles. The van der Waals surface area contributed by atoms with Gasteiger partial charge >= 0.3 is 5.97 Å². The number of aliphatic carboxylic acids is 1. The second-order valence-electron chi connectivity index (χ2n) is 5.29. The molecule has 20 heavy (non-hydrogen) atoms. The highest BCUT2D eigenvalue weighted by Gasteiger charge is 2.48. The van der Waals surface area contributed by atoms with Crippen LogP contribution in [0.5, 0.6) is 0 Å². The summed E-state index contributed by atoms with van der Waals surface area (Å²) >= 11 is 3.05. The molecule has 2 atom stereocenters. The summed E-state index contributed by atoms with van der Waals surface area (Å²) in [7, 11) is 0. The Bertz CT molecular complexity index is 455. The summed E-state index contributed by atoms with van der Waals surface area (Å²) < 4.78 is 0. The molecule has 8 heteroatoms. The van der Waals surface area contributed by atoms with Crippen molar-refractivity contribution < 1.29 is 19.5 Å². The molecule has 0 aromatic heterocycles. The van der Waals surface area contributed by atoms with Crippen molar-refractivity contribution >= 4 is 41.3 Å². The number of rotatable bonds is 4. The van der Waals surface area contributed by atoms with Crippen molar-refractivity contribution in [2.45, 2.75) is 24.3 Å². The van der Waals surface area contributed by atoms with Gasteiger partial charge in [-0.2, -0.15) is 0 Å². The van der Waals surface area contributed by atoms with E-state index in [1.54, 1.807) is 11.8 Å². The molecule has 3 fully saturated rings. The summed E-state index contributed by atoms with van der Waals surface area (Å²) in [6, 6.07) is -0.747. The van der Waals surface area contributed by atoms with Gasteiger partial charge in [0.05, 0.1) is 17.0 Å². The Kier molecular flexibility index (Phi) is 3.85. The van der Waals surface area contributed by atoms with E-state index in [0.29, 0.717) is 23.3 Å². The molecule has 1 aliphatic carbocycles. The maximum atomic E-state index is 12.5.